The number of fused-ring (bicyclic) bond motifs is 1. The second kappa shape index (κ2) is 10.4. The molecule has 1 spiro atoms. The van der Waals surface area contributed by atoms with Crippen LogP contribution in [-0.2, 0) is 24.3 Å². The monoisotopic (exact) mass is 538 g/mol. The lowest BCUT2D eigenvalue weighted by atomic mass is 9.85. The topological polar surface area (TPSA) is 114 Å². The van der Waals surface area contributed by atoms with Gasteiger partial charge in [-0.25, -0.2) is 18.1 Å². The fourth-order valence-electron chi connectivity index (χ4n) is 5.87. The number of rotatable bonds is 5. The number of benzene rings is 2. The summed E-state index contributed by atoms with van der Waals surface area (Å²) in [5, 5.41) is 0. The molecule has 202 valence electrons. The highest BCUT2D eigenvalue weighted by Gasteiger charge is 2.41. The summed E-state index contributed by atoms with van der Waals surface area (Å²) < 4.78 is 41.0. The SMILES string of the molecule is O=C(C1CCC(NS(=O)(=O)c2ccc3nc(-c4ccccc4)[nH]c3c2)CC1)N1CCC2(CC1)OCCCO2. The molecule has 2 aromatic carbocycles. The predicted octanol–water partition coefficient (Wildman–Crippen LogP) is 3.82. The summed E-state index contributed by atoms with van der Waals surface area (Å²) in [6, 6.07) is 14.5. The van der Waals surface area contributed by atoms with Crippen molar-refractivity contribution < 1.29 is 22.7 Å². The largest absolute Gasteiger partial charge is 0.350 e. The zero-order valence-electron chi connectivity index (χ0n) is 21.4. The number of hydrogen-bond acceptors (Lipinski definition) is 6. The summed E-state index contributed by atoms with van der Waals surface area (Å²) in [6.07, 6.45) is 4.99. The molecule has 2 aliphatic heterocycles. The number of nitrogens with one attached hydrogen (secondary N) is 2. The number of imidazole rings is 1. The van der Waals surface area contributed by atoms with Crippen LogP contribution in [0.2, 0.25) is 0 Å². The summed E-state index contributed by atoms with van der Waals surface area (Å²) in [6.45, 7) is 2.73. The van der Waals surface area contributed by atoms with Crippen molar-refractivity contribution in [3.05, 3.63) is 48.5 Å². The summed E-state index contributed by atoms with van der Waals surface area (Å²) >= 11 is 0. The van der Waals surface area contributed by atoms with E-state index in [0.29, 0.717) is 68.5 Å². The maximum Gasteiger partial charge on any atom is 0.240 e. The van der Waals surface area contributed by atoms with Crippen molar-refractivity contribution in [1.29, 1.82) is 0 Å². The van der Waals surface area contributed by atoms with Gasteiger partial charge in [-0.15, -0.1) is 0 Å². The van der Waals surface area contributed by atoms with E-state index in [2.05, 4.69) is 14.7 Å². The molecule has 6 rings (SSSR count). The van der Waals surface area contributed by atoms with Crippen molar-refractivity contribution in [2.24, 2.45) is 5.92 Å². The number of piperidine rings is 1. The normalized spacial score (nSPS) is 24.1. The van der Waals surface area contributed by atoms with Gasteiger partial charge in [0, 0.05) is 43.5 Å². The standard InChI is InChI=1S/C28H34N4O5S/c33-27(32-15-13-28(14-16-32)36-17-4-18-37-28)21-7-9-22(10-8-21)31-38(34,35)23-11-12-24-25(19-23)30-26(29-24)20-5-2-1-3-6-20/h1-3,5-6,11-12,19,21-22,31H,4,7-10,13-18H2,(H,29,30). The molecule has 38 heavy (non-hydrogen) atoms. The molecule has 2 N–H and O–H groups in total. The van der Waals surface area contributed by atoms with Gasteiger partial charge in [-0.3, -0.25) is 4.79 Å². The maximum absolute atomic E-state index is 13.2. The Balaban J connectivity index is 1.04. The van der Waals surface area contributed by atoms with E-state index >= 15 is 0 Å². The molecule has 3 aliphatic rings. The highest BCUT2D eigenvalue weighted by molar-refractivity contribution is 7.89. The molecular weight excluding hydrogens is 504 g/mol. The van der Waals surface area contributed by atoms with Gasteiger partial charge < -0.3 is 19.4 Å². The second-order valence-electron chi connectivity index (χ2n) is 10.6. The number of ether oxygens (including phenoxy) is 2. The number of aromatic amines is 1. The molecule has 1 aromatic heterocycles. The summed E-state index contributed by atoms with van der Waals surface area (Å²) in [5.74, 6) is 0.313. The van der Waals surface area contributed by atoms with Crippen molar-refractivity contribution in [1.82, 2.24) is 19.6 Å². The molecule has 1 amide bonds. The first-order chi connectivity index (χ1) is 18.4. The molecule has 2 saturated heterocycles. The Morgan fingerprint density at radius 2 is 1.71 bits per heavy atom. The van der Waals surface area contributed by atoms with Gasteiger partial charge in [-0.2, -0.15) is 0 Å². The summed E-state index contributed by atoms with van der Waals surface area (Å²) in [7, 11) is -3.70. The van der Waals surface area contributed by atoms with E-state index < -0.39 is 15.8 Å². The zero-order chi connectivity index (χ0) is 26.2. The van der Waals surface area contributed by atoms with Gasteiger partial charge in [0.05, 0.1) is 29.1 Å². The molecule has 0 unspecified atom stereocenters. The van der Waals surface area contributed by atoms with Crippen molar-refractivity contribution in [3.8, 4) is 11.4 Å². The zero-order valence-corrected chi connectivity index (χ0v) is 22.2. The number of nitrogens with zero attached hydrogens (tertiary/aromatic N) is 2. The van der Waals surface area contributed by atoms with Gasteiger partial charge >= 0.3 is 0 Å². The lowest BCUT2D eigenvalue weighted by Gasteiger charge is -2.44. The van der Waals surface area contributed by atoms with E-state index in [1.54, 1.807) is 18.2 Å². The minimum Gasteiger partial charge on any atom is -0.350 e. The molecule has 0 radical (unpaired) electrons. The van der Waals surface area contributed by atoms with Gasteiger partial charge in [0.1, 0.15) is 5.82 Å². The van der Waals surface area contributed by atoms with Gasteiger partial charge in [0.25, 0.3) is 0 Å². The first kappa shape index (κ1) is 25.5. The molecule has 9 nitrogen and oxygen atoms in total. The Kier molecular flexibility index (Phi) is 6.98. The molecule has 3 fully saturated rings. The number of carbonyl (C=O) groups excluding carboxylic acids is 1. The van der Waals surface area contributed by atoms with Crippen LogP contribution in [0.25, 0.3) is 22.4 Å². The first-order valence-corrected chi connectivity index (χ1v) is 15.0. The van der Waals surface area contributed by atoms with Crippen LogP contribution in [0.3, 0.4) is 0 Å². The number of likely N-dealkylation sites (tertiary alicyclic amines) is 1. The highest BCUT2D eigenvalue weighted by atomic mass is 32.2. The lowest BCUT2D eigenvalue weighted by molar-refractivity contribution is -0.283. The Bertz CT molecular complexity index is 1380. The van der Waals surface area contributed by atoms with Crippen LogP contribution in [0.15, 0.2) is 53.4 Å². The van der Waals surface area contributed by atoms with E-state index in [1.165, 1.54) is 0 Å². The van der Waals surface area contributed by atoms with Crippen LogP contribution in [0, 0.1) is 5.92 Å². The minimum absolute atomic E-state index is 0.0595. The Labute approximate surface area is 223 Å². The van der Waals surface area contributed by atoms with Gasteiger partial charge in [0.15, 0.2) is 5.79 Å². The highest BCUT2D eigenvalue weighted by Crippen LogP contribution is 2.33. The fraction of sp³-hybridized carbons (Fsp3) is 0.500. The van der Waals surface area contributed by atoms with Gasteiger partial charge in [0.2, 0.25) is 15.9 Å². The van der Waals surface area contributed by atoms with Crippen molar-refractivity contribution in [2.45, 2.75) is 61.7 Å². The fourth-order valence-corrected chi connectivity index (χ4v) is 7.20. The van der Waals surface area contributed by atoms with Crippen molar-refractivity contribution in [2.75, 3.05) is 26.3 Å². The van der Waals surface area contributed by atoms with Crippen LogP contribution in [0.4, 0.5) is 0 Å². The van der Waals surface area contributed by atoms with E-state index in [1.807, 2.05) is 35.2 Å². The first-order valence-electron chi connectivity index (χ1n) is 13.6. The molecule has 1 aliphatic carbocycles. The van der Waals surface area contributed by atoms with E-state index in [-0.39, 0.29) is 22.8 Å². The quantitative estimate of drug-likeness (QED) is 0.511. The van der Waals surface area contributed by atoms with Gasteiger partial charge in [-0.1, -0.05) is 30.3 Å². The Morgan fingerprint density at radius 1 is 1.00 bits per heavy atom. The van der Waals surface area contributed by atoms with Crippen molar-refractivity contribution >= 4 is 27.0 Å². The molecule has 0 bridgehead atoms. The molecule has 1 saturated carbocycles. The third-order valence-electron chi connectivity index (χ3n) is 8.06. The van der Waals surface area contributed by atoms with Crippen LogP contribution in [0.5, 0.6) is 0 Å². The number of carbonyl (C=O) groups is 1. The molecule has 0 atom stereocenters. The molecular formula is C28H34N4O5S. The Morgan fingerprint density at radius 3 is 2.42 bits per heavy atom. The third-order valence-corrected chi connectivity index (χ3v) is 9.58. The van der Waals surface area contributed by atoms with E-state index in [0.717, 1.165) is 25.2 Å². The van der Waals surface area contributed by atoms with Crippen LogP contribution >= 0.6 is 0 Å². The van der Waals surface area contributed by atoms with Crippen LogP contribution < -0.4 is 4.72 Å². The summed E-state index contributed by atoms with van der Waals surface area (Å²) in [5.41, 5.74) is 2.33. The number of aromatic nitrogens is 2. The number of hydrogen-bond donors (Lipinski definition) is 2. The number of H-pyrrole nitrogens is 1. The number of sulfonamides is 1. The minimum atomic E-state index is -3.70. The summed E-state index contributed by atoms with van der Waals surface area (Å²) in [4.78, 5) is 23.1. The average Bonchev–Trinajstić information content (AvgIpc) is 3.38. The van der Waals surface area contributed by atoms with E-state index in [9.17, 15) is 13.2 Å². The Hall–Kier alpha value is -2.79. The third kappa shape index (κ3) is 5.22. The van der Waals surface area contributed by atoms with Crippen molar-refractivity contribution in [3.63, 3.8) is 0 Å². The van der Waals surface area contributed by atoms with Crippen LogP contribution in [0.1, 0.15) is 44.9 Å². The average molecular weight is 539 g/mol. The molecule has 10 heteroatoms. The predicted molar refractivity (Wildman–Crippen MR) is 143 cm³/mol. The maximum atomic E-state index is 13.2. The van der Waals surface area contributed by atoms with Crippen LogP contribution in [-0.4, -0.2) is 67.3 Å². The molecule has 3 heterocycles. The molecule has 3 aromatic rings. The number of amides is 1. The smallest absolute Gasteiger partial charge is 0.240 e. The second-order valence-corrected chi connectivity index (χ2v) is 12.3. The van der Waals surface area contributed by atoms with E-state index in [4.69, 9.17) is 9.47 Å². The van der Waals surface area contributed by atoms with Gasteiger partial charge in [-0.05, 0) is 50.3 Å². The lowest BCUT2D eigenvalue weighted by Crippen LogP contribution is -2.52.